The van der Waals surface area contributed by atoms with Crippen molar-refractivity contribution >= 4 is 52.1 Å². The highest BCUT2D eigenvalue weighted by Crippen LogP contribution is 2.29. The molecule has 1 N–H and O–H groups in total. The number of ether oxygens (including phenoxy) is 1. The first-order valence-corrected chi connectivity index (χ1v) is 13.2. The molecule has 0 aliphatic carbocycles. The van der Waals surface area contributed by atoms with E-state index >= 15 is 0 Å². The van der Waals surface area contributed by atoms with Gasteiger partial charge in [-0.3, -0.25) is 14.5 Å². The molecule has 2 aromatic carbocycles. The number of amides is 2. The van der Waals surface area contributed by atoms with E-state index in [2.05, 4.69) is 17.1 Å². The molecule has 0 saturated carbocycles. The van der Waals surface area contributed by atoms with E-state index in [9.17, 15) is 9.59 Å². The summed E-state index contributed by atoms with van der Waals surface area (Å²) in [7, 11) is 1.59. The molecule has 2 amide bonds. The number of rotatable bonds is 9. The predicted molar refractivity (Wildman–Crippen MR) is 148 cm³/mol. The molecule has 0 spiro atoms. The number of nitrogens with one attached hydrogen (secondary N) is 1. The lowest BCUT2D eigenvalue weighted by Gasteiger charge is -2.31. The Hall–Kier alpha value is -2.68. The van der Waals surface area contributed by atoms with Gasteiger partial charge in [0.25, 0.3) is 5.91 Å². The third-order valence-corrected chi connectivity index (χ3v) is 7.57. The topological polar surface area (TPSA) is 65.1 Å². The Morgan fingerprint density at radius 1 is 1.08 bits per heavy atom. The van der Waals surface area contributed by atoms with Crippen molar-refractivity contribution in [2.75, 3.05) is 43.5 Å². The van der Waals surface area contributed by atoms with Crippen LogP contribution in [0.4, 0.5) is 11.4 Å². The molecule has 192 valence electrons. The molecule has 9 heteroatoms. The molecule has 0 radical (unpaired) electrons. The lowest BCUT2D eigenvalue weighted by Crippen LogP contribution is -2.40. The van der Waals surface area contributed by atoms with E-state index in [0.717, 1.165) is 32.0 Å². The van der Waals surface area contributed by atoms with Crippen molar-refractivity contribution in [3.05, 3.63) is 53.6 Å². The number of anilines is 2. The largest absolute Gasteiger partial charge is 0.497 e. The molecule has 4 rings (SSSR count). The van der Waals surface area contributed by atoms with Crippen molar-refractivity contribution in [1.29, 1.82) is 0 Å². The van der Waals surface area contributed by atoms with Crippen LogP contribution in [-0.4, -0.2) is 66.1 Å². The van der Waals surface area contributed by atoms with Crippen LogP contribution in [0.25, 0.3) is 0 Å². The number of carbonyl (C=O) groups excluding carboxylic acids is 2. The molecule has 2 saturated heterocycles. The standard InChI is InChI=1S/C27H33ClN4O3S/c1-19-12-16-30(17-13-19)14-3-15-31-24(18-25(33)29-21-6-10-23(35-2)11-7-21)26(34)32(27(31)36)22-8-4-20(28)5-9-22/h4-11,19,24H,3,12-18H2,1-2H3,(H,29,33). The Morgan fingerprint density at radius 3 is 2.39 bits per heavy atom. The van der Waals surface area contributed by atoms with Crippen LogP contribution in [0.2, 0.25) is 5.02 Å². The number of nitrogens with zero attached hydrogens (tertiary/aromatic N) is 3. The minimum absolute atomic E-state index is 0.0102. The van der Waals surface area contributed by atoms with E-state index in [1.165, 1.54) is 17.7 Å². The van der Waals surface area contributed by atoms with Crippen LogP contribution in [0.3, 0.4) is 0 Å². The van der Waals surface area contributed by atoms with E-state index in [0.29, 0.717) is 33.8 Å². The lowest BCUT2D eigenvalue weighted by molar-refractivity contribution is -0.124. The van der Waals surface area contributed by atoms with Gasteiger partial charge in [0.1, 0.15) is 11.8 Å². The van der Waals surface area contributed by atoms with Crippen LogP contribution in [0.15, 0.2) is 48.5 Å². The third kappa shape index (κ3) is 6.35. The van der Waals surface area contributed by atoms with Crippen molar-refractivity contribution in [3.8, 4) is 5.75 Å². The summed E-state index contributed by atoms with van der Waals surface area (Å²) in [6.45, 7) is 6.08. The van der Waals surface area contributed by atoms with Gasteiger partial charge in [0, 0.05) is 17.3 Å². The molecular weight excluding hydrogens is 496 g/mol. The van der Waals surface area contributed by atoms with Gasteiger partial charge in [-0.1, -0.05) is 18.5 Å². The minimum Gasteiger partial charge on any atom is -0.497 e. The molecule has 2 fully saturated rings. The summed E-state index contributed by atoms with van der Waals surface area (Å²) in [6, 6.07) is 13.5. The maximum absolute atomic E-state index is 13.5. The second kappa shape index (κ2) is 12.0. The summed E-state index contributed by atoms with van der Waals surface area (Å²) >= 11 is 11.8. The average Bonchev–Trinajstić information content (AvgIpc) is 3.10. The number of hydrogen-bond donors (Lipinski definition) is 1. The molecule has 0 aromatic heterocycles. The Bertz CT molecular complexity index is 1070. The predicted octanol–water partition coefficient (Wildman–Crippen LogP) is 4.80. The summed E-state index contributed by atoms with van der Waals surface area (Å²) in [4.78, 5) is 32.4. The maximum atomic E-state index is 13.5. The van der Waals surface area contributed by atoms with Gasteiger partial charge in [-0.15, -0.1) is 0 Å². The van der Waals surface area contributed by atoms with Crippen LogP contribution in [0, 0.1) is 5.92 Å². The van der Waals surface area contributed by atoms with E-state index in [4.69, 9.17) is 28.6 Å². The lowest BCUT2D eigenvalue weighted by atomic mass is 9.99. The van der Waals surface area contributed by atoms with Gasteiger partial charge in [0.15, 0.2) is 5.11 Å². The second-order valence-corrected chi connectivity index (χ2v) is 10.3. The van der Waals surface area contributed by atoms with Crippen molar-refractivity contribution < 1.29 is 14.3 Å². The molecule has 2 heterocycles. The molecule has 7 nitrogen and oxygen atoms in total. The number of carbonyl (C=O) groups is 2. The van der Waals surface area contributed by atoms with Gasteiger partial charge in [0.05, 0.1) is 19.2 Å². The smallest absolute Gasteiger partial charge is 0.256 e. The first-order chi connectivity index (χ1) is 17.4. The summed E-state index contributed by atoms with van der Waals surface area (Å²) in [5.74, 6) is 1.05. The van der Waals surface area contributed by atoms with Gasteiger partial charge >= 0.3 is 0 Å². The zero-order valence-corrected chi connectivity index (χ0v) is 22.4. The zero-order valence-electron chi connectivity index (χ0n) is 20.8. The van der Waals surface area contributed by atoms with Crippen molar-refractivity contribution in [2.24, 2.45) is 5.92 Å². The first-order valence-electron chi connectivity index (χ1n) is 12.4. The Labute approximate surface area is 223 Å². The Balaban J connectivity index is 1.45. The number of hydrogen-bond acceptors (Lipinski definition) is 5. The summed E-state index contributed by atoms with van der Waals surface area (Å²) in [6.07, 6.45) is 3.32. The third-order valence-electron chi connectivity index (χ3n) is 6.91. The molecule has 36 heavy (non-hydrogen) atoms. The second-order valence-electron chi connectivity index (χ2n) is 9.50. The molecule has 1 atom stereocenters. The molecule has 2 aliphatic heterocycles. The number of halogens is 1. The minimum atomic E-state index is -0.659. The van der Waals surface area contributed by atoms with E-state index in [1.807, 2.05) is 4.90 Å². The summed E-state index contributed by atoms with van der Waals surface area (Å²) in [5, 5.41) is 3.90. The molecular formula is C27H33ClN4O3S. The fraction of sp³-hybridized carbons (Fsp3) is 0.444. The monoisotopic (exact) mass is 528 g/mol. The first kappa shape index (κ1) is 26.4. The average molecular weight is 529 g/mol. The number of methoxy groups -OCH3 is 1. The fourth-order valence-electron chi connectivity index (χ4n) is 4.73. The van der Waals surface area contributed by atoms with Crippen molar-refractivity contribution in [3.63, 3.8) is 0 Å². The van der Waals surface area contributed by atoms with Crippen LogP contribution in [0.1, 0.15) is 32.6 Å². The van der Waals surface area contributed by atoms with Gasteiger partial charge < -0.3 is 19.9 Å². The molecule has 0 bridgehead atoms. The van der Waals surface area contributed by atoms with Crippen molar-refractivity contribution in [1.82, 2.24) is 9.80 Å². The van der Waals surface area contributed by atoms with Gasteiger partial charge in [-0.25, -0.2) is 0 Å². The number of likely N-dealkylation sites (tertiary alicyclic amines) is 1. The summed E-state index contributed by atoms with van der Waals surface area (Å²) < 4.78 is 5.17. The van der Waals surface area contributed by atoms with Crippen LogP contribution < -0.4 is 15.0 Å². The number of thiocarbonyl (C=S) groups is 1. The van der Waals surface area contributed by atoms with Crippen LogP contribution in [-0.2, 0) is 9.59 Å². The normalized spacial score (nSPS) is 19.1. The van der Waals surface area contributed by atoms with E-state index in [1.54, 1.807) is 55.6 Å². The highest BCUT2D eigenvalue weighted by atomic mass is 35.5. The highest BCUT2D eigenvalue weighted by molar-refractivity contribution is 7.80. The van der Waals surface area contributed by atoms with E-state index in [-0.39, 0.29) is 18.2 Å². The fourth-order valence-corrected chi connectivity index (χ4v) is 5.27. The molecule has 1 unspecified atom stereocenters. The highest BCUT2D eigenvalue weighted by Gasteiger charge is 2.43. The Kier molecular flexibility index (Phi) is 8.82. The maximum Gasteiger partial charge on any atom is 0.256 e. The summed E-state index contributed by atoms with van der Waals surface area (Å²) in [5.41, 5.74) is 1.30. The van der Waals surface area contributed by atoms with Gasteiger partial charge in [-0.2, -0.15) is 0 Å². The number of piperidine rings is 1. The zero-order chi connectivity index (χ0) is 25.7. The van der Waals surface area contributed by atoms with E-state index < -0.39 is 6.04 Å². The van der Waals surface area contributed by atoms with Crippen LogP contribution >= 0.6 is 23.8 Å². The van der Waals surface area contributed by atoms with Gasteiger partial charge in [-0.05, 0) is 106 Å². The van der Waals surface area contributed by atoms with Crippen LogP contribution in [0.5, 0.6) is 5.75 Å². The quantitative estimate of drug-likeness (QED) is 0.472. The van der Waals surface area contributed by atoms with Crippen molar-refractivity contribution in [2.45, 2.75) is 38.6 Å². The SMILES string of the molecule is COc1ccc(NC(=O)CC2C(=O)N(c3ccc(Cl)cc3)C(=S)N2CCCN2CCC(C)CC2)cc1. The van der Waals surface area contributed by atoms with Gasteiger partial charge in [0.2, 0.25) is 5.91 Å². The Morgan fingerprint density at radius 2 is 1.75 bits per heavy atom. The molecule has 2 aromatic rings. The number of benzene rings is 2. The molecule has 2 aliphatic rings.